The van der Waals surface area contributed by atoms with Crippen LogP contribution >= 0.6 is 0 Å². The van der Waals surface area contributed by atoms with Crippen molar-refractivity contribution in [1.29, 1.82) is 0 Å². The highest BCUT2D eigenvalue weighted by Crippen LogP contribution is 2.18. The molecule has 6 heteroatoms. The van der Waals surface area contributed by atoms with Gasteiger partial charge in [-0.2, -0.15) is 0 Å². The number of hydrogen-bond donors (Lipinski definition) is 0. The third kappa shape index (κ3) is 64.5. The van der Waals surface area contributed by atoms with E-state index in [1.807, 2.05) is 0 Å². The molecule has 0 saturated carbocycles. The van der Waals surface area contributed by atoms with Gasteiger partial charge in [-0.05, 0) is 77.0 Å². The molecule has 0 aliphatic heterocycles. The van der Waals surface area contributed by atoms with E-state index in [0.29, 0.717) is 19.3 Å². The highest BCUT2D eigenvalue weighted by atomic mass is 16.6. The van der Waals surface area contributed by atoms with Gasteiger partial charge in [0.05, 0.1) is 0 Å². The molecule has 0 aromatic heterocycles. The first-order valence-electron chi connectivity index (χ1n) is 35.0. The SMILES string of the molecule is CCCCCCC/C=C\C/C=C\CCCCCCCCCCCCCC(=O)OCC(COC(=O)CCCCCCC/C=C\CCCCCCCC)OC(=O)CCCCCCCCCCCCCCCCCCCCCCCC. The van der Waals surface area contributed by atoms with Crippen molar-refractivity contribution >= 4 is 17.9 Å². The molecule has 0 aliphatic rings. The number of carbonyl (C=O) groups is 3. The molecule has 78 heavy (non-hydrogen) atoms. The van der Waals surface area contributed by atoms with Crippen molar-refractivity contribution < 1.29 is 28.6 Å². The highest BCUT2D eigenvalue weighted by molar-refractivity contribution is 5.71. The number of hydrogen-bond acceptors (Lipinski definition) is 6. The van der Waals surface area contributed by atoms with Gasteiger partial charge in [0.25, 0.3) is 0 Å². The van der Waals surface area contributed by atoms with Crippen LogP contribution in [0.4, 0.5) is 0 Å². The topological polar surface area (TPSA) is 78.9 Å². The lowest BCUT2D eigenvalue weighted by atomic mass is 10.0. The van der Waals surface area contributed by atoms with Gasteiger partial charge in [0.2, 0.25) is 0 Å². The van der Waals surface area contributed by atoms with Crippen molar-refractivity contribution in [2.75, 3.05) is 13.2 Å². The van der Waals surface area contributed by atoms with Gasteiger partial charge in [-0.1, -0.05) is 327 Å². The molecule has 0 bridgehead atoms. The van der Waals surface area contributed by atoms with Crippen molar-refractivity contribution in [3.8, 4) is 0 Å². The number of unbranched alkanes of at least 4 members (excludes halogenated alkanes) is 48. The molecule has 0 amide bonds. The summed E-state index contributed by atoms with van der Waals surface area (Å²) < 4.78 is 17.0. The molecule has 0 radical (unpaired) electrons. The smallest absolute Gasteiger partial charge is 0.306 e. The molecule has 0 saturated heterocycles. The molecule has 0 heterocycles. The molecule has 0 N–H and O–H groups in total. The predicted molar refractivity (Wildman–Crippen MR) is 339 cm³/mol. The fourth-order valence-corrected chi connectivity index (χ4v) is 10.6. The molecular formula is C72H134O6. The second-order valence-electron chi connectivity index (χ2n) is 23.8. The summed E-state index contributed by atoms with van der Waals surface area (Å²) in [4.78, 5) is 38.4. The zero-order valence-corrected chi connectivity index (χ0v) is 52.7. The van der Waals surface area contributed by atoms with Crippen molar-refractivity contribution in [1.82, 2.24) is 0 Å². The fraction of sp³-hybridized carbons (Fsp3) is 0.875. The summed E-state index contributed by atoms with van der Waals surface area (Å²) in [7, 11) is 0. The zero-order valence-electron chi connectivity index (χ0n) is 52.7. The normalized spacial score (nSPS) is 12.2. The standard InChI is InChI=1S/C72H134O6/c1-4-7-10-13-16-19-22-25-28-30-32-34-36-38-39-41-44-47-50-53-56-59-62-65-71(74)77-68-69(67-76-70(73)64-61-58-55-52-49-46-43-27-24-21-18-15-12-9-6-3)78-72(75)66-63-60-57-54-51-48-45-42-40-37-35-33-31-29-26-23-20-17-14-11-8-5-2/h22,25,27,30,32,43,69H,4-21,23-24,26,28-29,31,33-42,44-68H2,1-3H3/b25-22-,32-30-,43-27-. The van der Waals surface area contributed by atoms with Crippen molar-refractivity contribution in [2.45, 2.75) is 393 Å². The van der Waals surface area contributed by atoms with Gasteiger partial charge in [0.15, 0.2) is 6.10 Å². The van der Waals surface area contributed by atoms with Crippen molar-refractivity contribution in [3.05, 3.63) is 36.5 Å². The third-order valence-electron chi connectivity index (χ3n) is 15.9. The quantitative estimate of drug-likeness (QED) is 0.0261. The van der Waals surface area contributed by atoms with E-state index in [4.69, 9.17) is 14.2 Å². The first-order valence-corrected chi connectivity index (χ1v) is 35.0. The lowest BCUT2D eigenvalue weighted by molar-refractivity contribution is -0.167. The first kappa shape index (κ1) is 75.6. The number of allylic oxidation sites excluding steroid dienone is 6. The van der Waals surface area contributed by atoms with E-state index in [1.165, 1.54) is 276 Å². The Hall–Kier alpha value is -2.37. The summed E-state index contributed by atoms with van der Waals surface area (Å²) in [6.07, 6.45) is 83.1. The predicted octanol–water partition coefficient (Wildman–Crippen LogP) is 23.9. The monoisotopic (exact) mass is 1100 g/mol. The minimum absolute atomic E-state index is 0.0712. The third-order valence-corrected chi connectivity index (χ3v) is 15.9. The number of carbonyl (C=O) groups excluding carboxylic acids is 3. The molecule has 0 aromatic rings. The van der Waals surface area contributed by atoms with Gasteiger partial charge in [0.1, 0.15) is 13.2 Å². The lowest BCUT2D eigenvalue weighted by Gasteiger charge is -2.18. The maximum Gasteiger partial charge on any atom is 0.306 e. The number of ether oxygens (including phenoxy) is 3. The van der Waals surface area contributed by atoms with Gasteiger partial charge in [0, 0.05) is 19.3 Å². The summed E-state index contributed by atoms with van der Waals surface area (Å²) in [5, 5.41) is 0. The number of esters is 3. The largest absolute Gasteiger partial charge is 0.462 e. The Bertz CT molecular complexity index is 1300. The van der Waals surface area contributed by atoms with Crippen LogP contribution in [0.2, 0.25) is 0 Å². The molecule has 0 aromatic carbocycles. The summed E-state index contributed by atoms with van der Waals surface area (Å²) >= 11 is 0. The van der Waals surface area contributed by atoms with E-state index in [-0.39, 0.29) is 31.1 Å². The summed E-state index contributed by atoms with van der Waals surface area (Å²) in [5.41, 5.74) is 0. The highest BCUT2D eigenvalue weighted by Gasteiger charge is 2.19. The van der Waals surface area contributed by atoms with Crippen LogP contribution in [-0.2, 0) is 28.6 Å². The lowest BCUT2D eigenvalue weighted by Crippen LogP contribution is -2.30. The Balaban J connectivity index is 4.29. The second-order valence-corrected chi connectivity index (χ2v) is 23.8. The molecule has 1 unspecified atom stereocenters. The Morgan fingerprint density at radius 2 is 0.462 bits per heavy atom. The van der Waals surface area contributed by atoms with Gasteiger partial charge in [-0.3, -0.25) is 14.4 Å². The van der Waals surface area contributed by atoms with E-state index >= 15 is 0 Å². The van der Waals surface area contributed by atoms with Crippen LogP contribution in [0.1, 0.15) is 387 Å². The van der Waals surface area contributed by atoms with Crippen LogP contribution in [0.3, 0.4) is 0 Å². The summed E-state index contributed by atoms with van der Waals surface area (Å²) in [6.45, 7) is 6.69. The van der Waals surface area contributed by atoms with E-state index in [2.05, 4.69) is 57.2 Å². The van der Waals surface area contributed by atoms with Crippen LogP contribution in [0.25, 0.3) is 0 Å². The first-order chi connectivity index (χ1) is 38.5. The van der Waals surface area contributed by atoms with Gasteiger partial charge in [-0.15, -0.1) is 0 Å². The van der Waals surface area contributed by atoms with Crippen molar-refractivity contribution in [2.24, 2.45) is 0 Å². The maximum atomic E-state index is 13.0. The Kier molecular flexibility index (Phi) is 65.1. The Morgan fingerprint density at radius 3 is 0.718 bits per heavy atom. The average Bonchev–Trinajstić information content (AvgIpc) is 3.44. The van der Waals surface area contributed by atoms with Gasteiger partial charge < -0.3 is 14.2 Å². The average molecular weight is 1100 g/mol. The zero-order chi connectivity index (χ0) is 56.4. The molecule has 0 fully saturated rings. The van der Waals surface area contributed by atoms with Crippen LogP contribution in [0.5, 0.6) is 0 Å². The molecule has 458 valence electrons. The number of rotatable bonds is 65. The van der Waals surface area contributed by atoms with Crippen LogP contribution in [0, 0.1) is 0 Å². The fourth-order valence-electron chi connectivity index (χ4n) is 10.6. The molecule has 6 nitrogen and oxygen atoms in total. The maximum absolute atomic E-state index is 13.0. The van der Waals surface area contributed by atoms with Crippen molar-refractivity contribution in [3.63, 3.8) is 0 Å². The second kappa shape index (κ2) is 67.1. The summed E-state index contributed by atoms with van der Waals surface area (Å²) in [6, 6.07) is 0. The van der Waals surface area contributed by atoms with E-state index in [1.54, 1.807) is 0 Å². The van der Waals surface area contributed by atoms with E-state index < -0.39 is 6.10 Å². The van der Waals surface area contributed by atoms with Crippen LogP contribution < -0.4 is 0 Å². The molecule has 0 aliphatic carbocycles. The van der Waals surface area contributed by atoms with Gasteiger partial charge >= 0.3 is 17.9 Å². The van der Waals surface area contributed by atoms with E-state index in [0.717, 1.165) is 70.6 Å². The molecule has 1 atom stereocenters. The van der Waals surface area contributed by atoms with Crippen LogP contribution in [-0.4, -0.2) is 37.2 Å². The minimum Gasteiger partial charge on any atom is -0.462 e. The molecular weight excluding hydrogens is 961 g/mol. The van der Waals surface area contributed by atoms with Gasteiger partial charge in [-0.25, -0.2) is 0 Å². The molecule has 0 rings (SSSR count). The van der Waals surface area contributed by atoms with E-state index in [9.17, 15) is 14.4 Å². The summed E-state index contributed by atoms with van der Waals surface area (Å²) in [5.74, 6) is -0.852. The molecule has 0 spiro atoms. The van der Waals surface area contributed by atoms with Crippen LogP contribution in [0.15, 0.2) is 36.5 Å². The Labute approximate surface area is 486 Å². The Morgan fingerprint density at radius 1 is 0.256 bits per heavy atom. The minimum atomic E-state index is -0.775.